The lowest BCUT2D eigenvalue weighted by Gasteiger charge is -2.14. The fourth-order valence-corrected chi connectivity index (χ4v) is 5.18. The second-order valence-corrected chi connectivity index (χ2v) is 9.18. The zero-order valence-electron chi connectivity index (χ0n) is 19.8. The van der Waals surface area contributed by atoms with Gasteiger partial charge in [-0.15, -0.1) is 0 Å². The van der Waals surface area contributed by atoms with Crippen molar-refractivity contribution in [1.82, 2.24) is 9.55 Å². The highest BCUT2D eigenvalue weighted by atomic mass is 16.5. The van der Waals surface area contributed by atoms with Gasteiger partial charge >= 0.3 is 0 Å². The van der Waals surface area contributed by atoms with E-state index in [9.17, 15) is 0 Å². The van der Waals surface area contributed by atoms with E-state index >= 15 is 0 Å². The van der Waals surface area contributed by atoms with E-state index in [0.717, 1.165) is 47.2 Å². The molecular formula is C29H32N2O2. The molecule has 1 aromatic heterocycles. The maximum absolute atomic E-state index is 5.60. The Kier molecular flexibility index (Phi) is 6.08. The number of hydrogen-bond donors (Lipinski definition) is 0. The van der Waals surface area contributed by atoms with Crippen LogP contribution in [0, 0.1) is 12.8 Å². The van der Waals surface area contributed by atoms with E-state index in [1.165, 1.54) is 47.9 Å². The minimum atomic E-state index is 0.727. The summed E-state index contributed by atoms with van der Waals surface area (Å²) in [5.74, 6) is 3.36. The molecule has 170 valence electrons. The topological polar surface area (TPSA) is 36.3 Å². The number of fused-ring (bicyclic) bond motifs is 1. The number of nitrogens with zero attached hydrogens (tertiary/aromatic N) is 2. The van der Waals surface area contributed by atoms with Crippen LogP contribution in [0.4, 0.5) is 0 Å². The van der Waals surface area contributed by atoms with Crippen molar-refractivity contribution in [3.05, 3.63) is 77.6 Å². The Morgan fingerprint density at radius 2 is 1.61 bits per heavy atom. The Bertz CT molecular complexity index is 1250. The van der Waals surface area contributed by atoms with Gasteiger partial charge in [0.1, 0.15) is 5.82 Å². The van der Waals surface area contributed by atoms with Crippen molar-refractivity contribution < 1.29 is 9.47 Å². The Morgan fingerprint density at radius 1 is 0.909 bits per heavy atom. The highest BCUT2D eigenvalue weighted by Crippen LogP contribution is 2.35. The average Bonchev–Trinajstić information content (AvgIpc) is 3.47. The number of ether oxygens (including phenoxy) is 2. The molecule has 0 saturated heterocycles. The predicted octanol–water partition coefficient (Wildman–Crippen LogP) is 6.81. The smallest absolute Gasteiger partial charge is 0.163 e. The van der Waals surface area contributed by atoms with Crippen LogP contribution in [0.3, 0.4) is 0 Å². The first-order chi connectivity index (χ1) is 16.2. The first kappa shape index (κ1) is 21.6. The van der Waals surface area contributed by atoms with Crippen LogP contribution in [-0.2, 0) is 13.0 Å². The van der Waals surface area contributed by atoms with Crippen LogP contribution in [0.15, 0.2) is 60.7 Å². The average molecular weight is 441 g/mol. The highest BCUT2D eigenvalue weighted by Gasteiger charge is 2.21. The van der Waals surface area contributed by atoms with Crippen LogP contribution >= 0.6 is 0 Å². The van der Waals surface area contributed by atoms with Crippen LogP contribution in [0.25, 0.3) is 22.2 Å². The van der Waals surface area contributed by atoms with Crippen LogP contribution in [0.1, 0.15) is 42.6 Å². The van der Waals surface area contributed by atoms with E-state index in [-0.39, 0.29) is 0 Å². The van der Waals surface area contributed by atoms with Crippen LogP contribution in [0.2, 0.25) is 0 Å². The van der Waals surface area contributed by atoms with Gasteiger partial charge in [-0.2, -0.15) is 0 Å². The maximum Gasteiger partial charge on any atom is 0.163 e. The van der Waals surface area contributed by atoms with E-state index in [4.69, 9.17) is 14.5 Å². The summed E-state index contributed by atoms with van der Waals surface area (Å²) in [5.41, 5.74) is 7.18. The Balaban J connectivity index is 1.52. The third-order valence-electron chi connectivity index (χ3n) is 7.03. The zero-order chi connectivity index (χ0) is 22.8. The van der Waals surface area contributed by atoms with Gasteiger partial charge in [0.15, 0.2) is 11.5 Å². The number of aryl methyl sites for hydroxylation is 1. The maximum atomic E-state index is 5.60. The van der Waals surface area contributed by atoms with Crippen LogP contribution in [-0.4, -0.2) is 23.8 Å². The molecule has 0 radical (unpaired) electrons. The van der Waals surface area contributed by atoms with Crippen molar-refractivity contribution in [2.45, 2.75) is 45.6 Å². The van der Waals surface area contributed by atoms with Crippen molar-refractivity contribution in [2.75, 3.05) is 14.2 Å². The molecule has 0 aliphatic heterocycles. The van der Waals surface area contributed by atoms with Gasteiger partial charge in [-0.25, -0.2) is 4.98 Å². The fraction of sp³-hybridized carbons (Fsp3) is 0.345. The molecule has 0 amide bonds. The lowest BCUT2D eigenvalue weighted by molar-refractivity contribution is 0.355. The third-order valence-corrected chi connectivity index (χ3v) is 7.03. The predicted molar refractivity (Wildman–Crippen MR) is 134 cm³/mol. The highest BCUT2D eigenvalue weighted by molar-refractivity contribution is 5.81. The number of imidazole rings is 1. The molecule has 4 aromatic rings. The zero-order valence-corrected chi connectivity index (χ0v) is 19.8. The summed E-state index contributed by atoms with van der Waals surface area (Å²) in [4.78, 5) is 5.06. The van der Waals surface area contributed by atoms with Gasteiger partial charge in [0.05, 0.1) is 25.3 Å². The molecule has 0 unspecified atom stereocenters. The van der Waals surface area contributed by atoms with Gasteiger partial charge < -0.3 is 14.0 Å². The number of rotatable bonds is 7. The van der Waals surface area contributed by atoms with Gasteiger partial charge in [-0.05, 0) is 35.1 Å². The van der Waals surface area contributed by atoms with E-state index < -0.39 is 0 Å². The number of hydrogen-bond acceptors (Lipinski definition) is 3. The molecule has 3 aromatic carbocycles. The number of aromatic nitrogens is 2. The normalized spacial score (nSPS) is 14.2. The Morgan fingerprint density at radius 3 is 2.30 bits per heavy atom. The number of methoxy groups -OCH3 is 2. The first-order valence-corrected chi connectivity index (χ1v) is 11.9. The standard InChI is InChI=1S/C29H32N2O2/c1-20-8-4-7-11-24(20)23-14-12-22(13-15-23)19-31-26-18-28(33-3)27(32-2)17-25(26)30-29(31)16-21-9-5-6-10-21/h4,7-8,11-15,17-18,21H,5-6,9-10,16,19H2,1-3H3. The molecule has 0 atom stereocenters. The summed E-state index contributed by atoms with van der Waals surface area (Å²) in [6, 6.07) is 21.6. The molecule has 5 rings (SSSR count). The molecule has 4 heteroatoms. The van der Waals surface area contributed by atoms with E-state index in [1.54, 1.807) is 14.2 Å². The van der Waals surface area contributed by atoms with Gasteiger partial charge in [0.25, 0.3) is 0 Å². The summed E-state index contributed by atoms with van der Waals surface area (Å²) in [7, 11) is 3.37. The van der Waals surface area contributed by atoms with Gasteiger partial charge in [-0.1, -0.05) is 74.2 Å². The van der Waals surface area contributed by atoms with Crippen LogP contribution < -0.4 is 9.47 Å². The van der Waals surface area contributed by atoms with Crippen molar-refractivity contribution in [3.8, 4) is 22.6 Å². The fourth-order valence-electron chi connectivity index (χ4n) is 5.18. The molecule has 33 heavy (non-hydrogen) atoms. The van der Waals surface area contributed by atoms with Crippen molar-refractivity contribution >= 4 is 11.0 Å². The molecule has 1 aliphatic rings. The monoisotopic (exact) mass is 440 g/mol. The molecule has 1 heterocycles. The van der Waals surface area contributed by atoms with Crippen LogP contribution in [0.5, 0.6) is 11.5 Å². The summed E-state index contributed by atoms with van der Waals surface area (Å²) >= 11 is 0. The SMILES string of the molecule is COc1cc2nc(CC3CCCC3)n(Cc3ccc(-c4ccccc4C)cc3)c2cc1OC. The second-order valence-electron chi connectivity index (χ2n) is 9.18. The van der Waals surface area contributed by atoms with Crippen molar-refractivity contribution in [1.29, 1.82) is 0 Å². The van der Waals surface area contributed by atoms with Crippen molar-refractivity contribution in [3.63, 3.8) is 0 Å². The van der Waals surface area contributed by atoms with E-state index in [0.29, 0.717) is 0 Å². The quantitative estimate of drug-likeness (QED) is 0.317. The van der Waals surface area contributed by atoms with E-state index in [2.05, 4.69) is 66.1 Å². The third kappa shape index (κ3) is 4.35. The summed E-state index contributed by atoms with van der Waals surface area (Å²) < 4.78 is 13.5. The molecule has 0 bridgehead atoms. The molecule has 1 saturated carbocycles. The largest absolute Gasteiger partial charge is 0.493 e. The van der Waals surface area contributed by atoms with Gasteiger partial charge in [0.2, 0.25) is 0 Å². The number of benzene rings is 3. The Labute approximate surface area is 196 Å². The van der Waals surface area contributed by atoms with Crippen molar-refractivity contribution in [2.24, 2.45) is 5.92 Å². The lowest BCUT2D eigenvalue weighted by Crippen LogP contribution is -2.09. The second kappa shape index (κ2) is 9.30. The molecule has 4 nitrogen and oxygen atoms in total. The van der Waals surface area contributed by atoms with Gasteiger partial charge in [-0.3, -0.25) is 0 Å². The molecule has 0 N–H and O–H groups in total. The summed E-state index contributed by atoms with van der Waals surface area (Å²) in [5, 5.41) is 0. The minimum Gasteiger partial charge on any atom is -0.493 e. The van der Waals surface area contributed by atoms with E-state index in [1.807, 2.05) is 6.07 Å². The van der Waals surface area contributed by atoms with Gasteiger partial charge in [0, 0.05) is 25.1 Å². The molecule has 1 fully saturated rings. The summed E-state index contributed by atoms with van der Waals surface area (Å²) in [6.45, 7) is 2.96. The molecule has 0 spiro atoms. The minimum absolute atomic E-state index is 0.727. The lowest BCUT2D eigenvalue weighted by atomic mass is 9.99. The Hall–Kier alpha value is -3.27. The molecular weight excluding hydrogens is 408 g/mol. The molecule has 1 aliphatic carbocycles. The summed E-state index contributed by atoms with van der Waals surface area (Å²) in [6.07, 6.45) is 6.32. The first-order valence-electron chi connectivity index (χ1n) is 11.9.